The number of alkyl halides is 2. The molecule has 0 aromatic heterocycles. The minimum absolute atomic E-state index is 0.183. The molecular weight excluding hydrogens is 382 g/mol. The number of hydrogen-bond donors (Lipinski definition) is 1. The Bertz CT molecular complexity index is 487. The van der Waals surface area contributed by atoms with E-state index in [9.17, 15) is 17.9 Å². The van der Waals surface area contributed by atoms with Gasteiger partial charge in [-0.05, 0) is 40.3 Å². The Kier molecular flexibility index (Phi) is 4.79. The minimum atomic E-state index is -3.65. The number of halogens is 3. The third-order valence-electron chi connectivity index (χ3n) is 2.30. The van der Waals surface area contributed by atoms with Crippen molar-refractivity contribution in [3.8, 4) is 0 Å². The molecule has 0 heterocycles. The van der Waals surface area contributed by atoms with Crippen LogP contribution in [0.25, 0.3) is 0 Å². The summed E-state index contributed by atoms with van der Waals surface area (Å²) in [5.74, 6) is -0.648. The average molecular weight is 393 g/mol. The fraction of sp³-hybridized carbons (Fsp3) is 0.400. The van der Waals surface area contributed by atoms with Gasteiger partial charge in [0, 0.05) is 0 Å². The summed E-state index contributed by atoms with van der Waals surface area (Å²) in [6, 6.07) is 4.89. The maximum Gasteiger partial charge on any atom is 0.225 e. The maximum atomic E-state index is 12.7. The Balaban J connectivity index is 3.12. The third-order valence-corrected chi connectivity index (χ3v) is 7.63. The molecule has 0 aliphatic rings. The van der Waals surface area contributed by atoms with Gasteiger partial charge in [0.05, 0.1) is 5.75 Å². The molecule has 0 aliphatic carbocycles. The van der Waals surface area contributed by atoms with Gasteiger partial charge in [0.1, 0.15) is 11.9 Å². The van der Waals surface area contributed by atoms with Crippen molar-refractivity contribution in [2.45, 2.75) is 15.2 Å². The van der Waals surface area contributed by atoms with Gasteiger partial charge in [-0.1, -0.05) is 30.7 Å². The standard InChI is InChI=1S/C10H11ClFIO3S/c1-2-17(15,16)10(11,13)9(14)7-3-5-8(12)6-4-7/h3-6,9,14H,2H2,1H3. The average Bonchev–Trinajstić information content (AvgIpc) is 2.28. The highest BCUT2D eigenvalue weighted by Gasteiger charge is 2.45. The molecule has 1 N–H and O–H groups in total. The molecule has 0 amide bonds. The highest BCUT2D eigenvalue weighted by molar-refractivity contribution is 14.1. The van der Waals surface area contributed by atoms with E-state index >= 15 is 0 Å². The second-order valence-corrected chi connectivity index (χ2v) is 9.76. The molecule has 0 radical (unpaired) electrons. The van der Waals surface area contributed by atoms with Crippen LogP contribution in [0.4, 0.5) is 4.39 Å². The zero-order valence-corrected chi connectivity index (χ0v) is 12.6. The van der Waals surface area contributed by atoms with Gasteiger partial charge in [0.25, 0.3) is 0 Å². The molecule has 17 heavy (non-hydrogen) atoms. The largest absolute Gasteiger partial charge is 0.385 e. The fourth-order valence-corrected chi connectivity index (χ4v) is 3.81. The molecule has 0 saturated heterocycles. The monoisotopic (exact) mass is 392 g/mol. The first-order chi connectivity index (χ1) is 7.72. The molecule has 1 aromatic rings. The fourth-order valence-electron chi connectivity index (χ4n) is 1.20. The van der Waals surface area contributed by atoms with E-state index in [4.69, 9.17) is 11.6 Å². The smallest absolute Gasteiger partial charge is 0.225 e. The molecule has 0 fully saturated rings. The SMILES string of the molecule is CCS(=O)(=O)C(Cl)(I)C(O)c1ccc(F)cc1. The molecule has 1 aromatic carbocycles. The molecule has 0 bridgehead atoms. The van der Waals surface area contributed by atoms with Crippen molar-refractivity contribution in [2.75, 3.05) is 5.75 Å². The van der Waals surface area contributed by atoms with Gasteiger partial charge in [-0.2, -0.15) is 0 Å². The minimum Gasteiger partial charge on any atom is -0.385 e. The molecule has 96 valence electrons. The van der Waals surface area contributed by atoms with E-state index < -0.39 is 24.0 Å². The molecule has 0 aliphatic heterocycles. The summed E-state index contributed by atoms with van der Waals surface area (Å²) in [7, 11) is -3.65. The van der Waals surface area contributed by atoms with E-state index in [1.807, 2.05) is 0 Å². The molecule has 2 atom stereocenters. The number of benzene rings is 1. The summed E-state index contributed by atoms with van der Waals surface area (Å²) in [6.07, 6.45) is -1.42. The Morgan fingerprint density at radius 1 is 1.47 bits per heavy atom. The normalized spacial score (nSPS) is 17.5. The van der Waals surface area contributed by atoms with E-state index in [0.29, 0.717) is 0 Å². The molecule has 0 saturated carbocycles. The van der Waals surface area contributed by atoms with Crippen molar-refractivity contribution in [3.05, 3.63) is 35.6 Å². The Hall–Kier alpha value is 0.0800. The predicted molar refractivity (Wildman–Crippen MR) is 73.4 cm³/mol. The van der Waals surface area contributed by atoms with Gasteiger partial charge >= 0.3 is 0 Å². The Morgan fingerprint density at radius 3 is 2.35 bits per heavy atom. The summed E-state index contributed by atoms with van der Waals surface area (Å²) < 4.78 is 34.3. The number of sulfone groups is 1. The van der Waals surface area contributed by atoms with Crippen molar-refractivity contribution in [2.24, 2.45) is 0 Å². The van der Waals surface area contributed by atoms with E-state index in [1.165, 1.54) is 41.6 Å². The zero-order valence-electron chi connectivity index (χ0n) is 8.90. The van der Waals surface area contributed by atoms with Crippen molar-refractivity contribution < 1.29 is 17.9 Å². The van der Waals surface area contributed by atoms with Crippen molar-refractivity contribution in [1.82, 2.24) is 0 Å². The highest BCUT2D eigenvalue weighted by atomic mass is 127. The van der Waals surface area contributed by atoms with Gasteiger partial charge in [0.15, 0.2) is 9.84 Å². The summed E-state index contributed by atoms with van der Waals surface area (Å²) in [4.78, 5) is 0. The highest BCUT2D eigenvalue weighted by Crippen LogP contribution is 2.43. The first kappa shape index (κ1) is 15.1. The maximum absolute atomic E-state index is 12.7. The molecular formula is C10H11ClFIO3S. The van der Waals surface area contributed by atoms with Crippen LogP contribution >= 0.6 is 34.2 Å². The van der Waals surface area contributed by atoms with Crippen LogP contribution in [0.2, 0.25) is 0 Å². The van der Waals surface area contributed by atoms with E-state index in [2.05, 4.69) is 0 Å². The van der Waals surface area contributed by atoms with Gasteiger partial charge in [-0.15, -0.1) is 0 Å². The summed E-state index contributed by atoms with van der Waals surface area (Å²) in [5.41, 5.74) is 0.257. The molecule has 7 heteroatoms. The second-order valence-electron chi connectivity index (χ2n) is 3.42. The van der Waals surface area contributed by atoms with E-state index in [1.54, 1.807) is 0 Å². The Morgan fingerprint density at radius 2 is 1.94 bits per heavy atom. The van der Waals surface area contributed by atoms with E-state index in [-0.39, 0.29) is 11.3 Å². The summed E-state index contributed by atoms with van der Waals surface area (Å²) in [6.45, 7) is 1.45. The topological polar surface area (TPSA) is 54.4 Å². The van der Waals surface area contributed by atoms with Crippen molar-refractivity contribution in [3.63, 3.8) is 0 Å². The molecule has 0 spiro atoms. The zero-order chi connectivity index (χ0) is 13.3. The second kappa shape index (κ2) is 5.38. The summed E-state index contributed by atoms with van der Waals surface area (Å²) in [5, 5.41) is 9.96. The van der Waals surface area contributed by atoms with Crippen LogP contribution in [0.15, 0.2) is 24.3 Å². The first-order valence-corrected chi connectivity index (χ1v) is 7.87. The number of aliphatic hydroxyl groups excluding tert-OH is 1. The molecule has 3 nitrogen and oxygen atoms in total. The summed E-state index contributed by atoms with van der Waals surface area (Å²) >= 11 is 7.40. The van der Waals surface area contributed by atoms with Crippen molar-refractivity contribution >= 4 is 44.0 Å². The van der Waals surface area contributed by atoms with Gasteiger partial charge < -0.3 is 5.11 Å². The van der Waals surface area contributed by atoms with E-state index in [0.717, 1.165) is 12.1 Å². The molecule has 1 rings (SSSR count). The number of hydrogen-bond acceptors (Lipinski definition) is 3. The van der Waals surface area contributed by atoms with Crippen LogP contribution in [0.3, 0.4) is 0 Å². The van der Waals surface area contributed by atoms with Gasteiger partial charge in [-0.3, -0.25) is 0 Å². The molecule has 2 unspecified atom stereocenters. The van der Waals surface area contributed by atoms with Crippen LogP contribution in [0.5, 0.6) is 0 Å². The lowest BCUT2D eigenvalue weighted by Crippen LogP contribution is -2.34. The lowest BCUT2D eigenvalue weighted by atomic mass is 10.1. The van der Waals surface area contributed by atoms with Crippen LogP contribution in [-0.2, 0) is 9.84 Å². The lowest BCUT2D eigenvalue weighted by Gasteiger charge is -2.25. The third kappa shape index (κ3) is 3.10. The van der Waals surface area contributed by atoms with Gasteiger partial charge in [-0.25, -0.2) is 12.8 Å². The van der Waals surface area contributed by atoms with Crippen LogP contribution in [0.1, 0.15) is 18.6 Å². The predicted octanol–water partition coefficient (Wildman–Crippen LogP) is 2.62. The van der Waals surface area contributed by atoms with Crippen LogP contribution < -0.4 is 0 Å². The Labute approximate surface area is 118 Å². The lowest BCUT2D eigenvalue weighted by molar-refractivity contribution is 0.187. The number of aliphatic hydroxyl groups is 1. The van der Waals surface area contributed by atoms with Gasteiger partial charge in [0.2, 0.25) is 2.21 Å². The number of rotatable bonds is 4. The first-order valence-electron chi connectivity index (χ1n) is 4.76. The van der Waals surface area contributed by atoms with Crippen LogP contribution in [-0.4, -0.2) is 21.5 Å². The van der Waals surface area contributed by atoms with Crippen LogP contribution in [0, 0.1) is 5.82 Å². The van der Waals surface area contributed by atoms with Crippen molar-refractivity contribution in [1.29, 1.82) is 0 Å². The quantitative estimate of drug-likeness (QED) is 0.633.